The number of cyclic esters (lactones) is 1. The Kier molecular flexibility index (Phi) is 7.30. The van der Waals surface area contributed by atoms with Crippen LogP contribution in [0.2, 0.25) is 0 Å². The Morgan fingerprint density at radius 3 is 2.67 bits per heavy atom. The minimum atomic E-state index is -0.220. The molecule has 30 heavy (non-hydrogen) atoms. The van der Waals surface area contributed by atoms with Gasteiger partial charge in [-0.05, 0) is 55.9 Å². The first-order valence-electron chi connectivity index (χ1n) is 11.7. The number of amides is 1. The van der Waals surface area contributed by atoms with Gasteiger partial charge in [0.25, 0.3) is 0 Å². The van der Waals surface area contributed by atoms with Gasteiger partial charge in [0.15, 0.2) is 0 Å². The Bertz CT molecular complexity index is 699. The lowest BCUT2D eigenvalue weighted by atomic mass is 9.65. The molecule has 1 aliphatic heterocycles. The summed E-state index contributed by atoms with van der Waals surface area (Å²) < 4.78 is 11.8. The third-order valence-electron chi connectivity index (χ3n) is 7.52. The highest BCUT2D eigenvalue weighted by molar-refractivity contribution is 5.72. The summed E-state index contributed by atoms with van der Waals surface area (Å²) >= 11 is 0. The number of rotatable bonds is 6. The molecule has 0 spiro atoms. The molecule has 0 bridgehead atoms. The largest absolute Gasteiger partial charge is 0.461 e. The van der Waals surface area contributed by atoms with Crippen molar-refractivity contribution in [2.24, 2.45) is 29.6 Å². The molecule has 0 aromatic carbocycles. The summed E-state index contributed by atoms with van der Waals surface area (Å²) in [6.07, 6.45) is 10.9. The Labute approximate surface area is 181 Å². The maximum atomic E-state index is 12.6. The summed E-state index contributed by atoms with van der Waals surface area (Å²) in [4.78, 5) is 26.4. The Balaban J connectivity index is 1.74. The molecule has 3 aliphatic rings. The quantitative estimate of drug-likeness (QED) is 0.546. The molecule has 5 nitrogen and oxygen atoms in total. The van der Waals surface area contributed by atoms with Crippen LogP contribution in [0.4, 0.5) is 4.79 Å². The van der Waals surface area contributed by atoms with Crippen molar-refractivity contribution in [3.63, 3.8) is 0 Å². The van der Waals surface area contributed by atoms with Gasteiger partial charge in [0.2, 0.25) is 0 Å². The van der Waals surface area contributed by atoms with Gasteiger partial charge in [-0.2, -0.15) is 0 Å². The molecule has 1 amide bonds. The fourth-order valence-corrected chi connectivity index (χ4v) is 5.20. The van der Waals surface area contributed by atoms with Crippen LogP contribution in [0, 0.1) is 29.6 Å². The number of carbonyl (C=O) groups is 2. The molecule has 5 heteroatoms. The summed E-state index contributed by atoms with van der Waals surface area (Å²) in [5.74, 6) is 1.29. The van der Waals surface area contributed by atoms with Gasteiger partial charge in [-0.1, -0.05) is 45.9 Å². The molecule has 1 fully saturated rings. The van der Waals surface area contributed by atoms with E-state index >= 15 is 0 Å². The van der Waals surface area contributed by atoms with Crippen LogP contribution < -0.4 is 0 Å². The number of carbonyl (C=O) groups excluding carboxylic acids is 2. The lowest BCUT2D eigenvalue weighted by Crippen LogP contribution is -2.46. The summed E-state index contributed by atoms with van der Waals surface area (Å²) in [5.41, 5.74) is 1.31. The zero-order valence-corrected chi connectivity index (χ0v) is 19.5. The van der Waals surface area contributed by atoms with Gasteiger partial charge >= 0.3 is 12.1 Å². The van der Waals surface area contributed by atoms with E-state index in [1.54, 1.807) is 11.9 Å². The van der Waals surface area contributed by atoms with Gasteiger partial charge in [0.1, 0.15) is 12.2 Å². The van der Waals surface area contributed by atoms with Crippen LogP contribution in [0.3, 0.4) is 0 Å². The normalized spacial score (nSPS) is 37.1. The van der Waals surface area contributed by atoms with E-state index in [2.05, 4.69) is 39.0 Å². The van der Waals surface area contributed by atoms with Crippen molar-refractivity contribution in [2.75, 3.05) is 7.05 Å². The summed E-state index contributed by atoms with van der Waals surface area (Å²) in [6.45, 7) is 10.5. The Hall–Kier alpha value is -1.78. The van der Waals surface area contributed by atoms with Crippen LogP contribution in [0.1, 0.15) is 66.7 Å². The zero-order valence-electron chi connectivity index (χ0n) is 19.5. The smallest absolute Gasteiger partial charge is 0.410 e. The molecule has 168 valence electrons. The van der Waals surface area contributed by atoms with E-state index in [0.29, 0.717) is 17.8 Å². The molecule has 1 saturated heterocycles. The number of allylic oxidation sites excluding steroid dienone is 3. The fourth-order valence-electron chi connectivity index (χ4n) is 5.20. The van der Waals surface area contributed by atoms with Crippen molar-refractivity contribution in [2.45, 2.75) is 85.0 Å². The highest BCUT2D eigenvalue weighted by Crippen LogP contribution is 2.45. The molecule has 0 N–H and O–H groups in total. The Morgan fingerprint density at radius 2 is 2.00 bits per heavy atom. The van der Waals surface area contributed by atoms with Gasteiger partial charge in [-0.25, -0.2) is 4.79 Å². The monoisotopic (exact) mass is 417 g/mol. The molecule has 0 aromatic heterocycles. The molecule has 0 saturated carbocycles. The van der Waals surface area contributed by atoms with Crippen molar-refractivity contribution >= 4 is 12.1 Å². The first-order valence-corrected chi connectivity index (χ1v) is 11.7. The lowest BCUT2D eigenvalue weighted by molar-refractivity contribution is -0.158. The van der Waals surface area contributed by atoms with E-state index < -0.39 is 0 Å². The molecule has 1 heterocycles. The third kappa shape index (κ3) is 4.92. The van der Waals surface area contributed by atoms with E-state index in [9.17, 15) is 9.59 Å². The van der Waals surface area contributed by atoms with Gasteiger partial charge in [0.05, 0.1) is 5.92 Å². The summed E-state index contributed by atoms with van der Waals surface area (Å²) in [6, 6.07) is 0.204. The van der Waals surface area contributed by atoms with Crippen LogP contribution in [0.25, 0.3) is 0 Å². The van der Waals surface area contributed by atoms with Gasteiger partial charge in [-0.3, -0.25) is 4.79 Å². The van der Waals surface area contributed by atoms with Crippen LogP contribution in [-0.4, -0.2) is 42.3 Å². The number of hydrogen-bond acceptors (Lipinski definition) is 4. The lowest BCUT2D eigenvalue weighted by Gasteiger charge is -2.44. The van der Waals surface area contributed by atoms with Crippen molar-refractivity contribution in [1.82, 2.24) is 4.90 Å². The molecular formula is C25H39NO4. The van der Waals surface area contributed by atoms with Crippen LogP contribution in [0.15, 0.2) is 23.8 Å². The molecule has 2 aliphatic carbocycles. The van der Waals surface area contributed by atoms with Crippen LogP contribution in [0.5, 0.6) is 0 Å². The van der Waals surface area contributed by atoms with Crippen molar-refractivity contribution in [3.8, 4) is 0 Å². The SMILES string of the molecule is CC[C@H](C)C(=O)O[C@H]1C[C@@H](C)C=C2C=C[C@H](C)[C@H](CC[C@@H]3C[C@H](C)N(C)C(=O)O3)[C@H]21. The van der Waals surface area contributed by atoms with Gasteiger partial charge < -0.3 is 14.4 Å². The Morgan fingerprint density at radius 1 is 1.27 bits per heavy atom. The topological polar surface area (TPSA) is 55.8 Å². The van der Waals surface area contributed by atoms with E-state index in [1.807, 2.05) is 13.8 Å². The standard InChI is InChI=1S/C25H39NO4/c1-7-16(3)24(27)30-22-13-15(2)12-19-9-8-17(4)21(23(19)22)11-10-20-14-18(5)26(6)25(28)29-20/h8-9,12,15-18,20-23H,7,10-11,13-14H2,1-6H3/t15-,16-,17-,18-,20+,21-,22-,23-/m0/s1. The maximum absolute atomic E-state index is 12.6. The predicted molar refractivity (Wildman–Crippen MR) is 118 cm³/mol. The van der Waals surface area contributed by atoms with Crippen molar-refractivity contribution < 1.29 is 19.1 Å². The first-order chi connectivity index (χ1) is 14.2. The second kappa shape index (κ2) is 9.57. The maximum Gasteiger partial charge on any atom is 0.410 e. The summed E-state index contributed by atoms with van der Waals surface area (Å²) in [7, 11) is 1.80. The number of fused-ring (bicyclic) bond motifs is 1. The van der Waals surface area contributed by atoms with Crippen LogP contribution in [-0.2, 0) is 14.3 Å². The van der Waals surface area contributed by atoms with Crippen molar-refractivity contribution in [1.29, 1.82) is 0 Å². The molecule has 8 atom stereocenters. The molecule has 0 unspecified atom stereocenters. The number of ether oxygens (including phenoxy) is 2. The predicted octanol–water partition coefficient (Wildman–Crippen LogP) is 5.36. The van der Waals surface area contributed by atoms with E-state index in [0.717, 1.165) is 32.1 Å². The molecule has 0 aromatic rings. The third-order valence-corrected chi connectivity index (χ3v) is 7.52. The van der Waals surface area contributed by atoms with E-state index in [-0.39, 0.29) is 42.1 Å². The minimum Gasteiger partial charge on any atom is -0.461 e. The highest BCUT2D eigenvalue weighted by Gasteiger charge is 2.42. The molecule has 3 rings (SSSR count). The number of hydrogen-bond donors (Lipinski definition) is 0. The average molecular weight is 418 g/mol. The first kappa shape index (κ1) is 22.9. The second-order valence-electron chi connectivity index (χ2n) is 9.85. The van der Waals surface area contributed by atoms with Crippen molar-refractivity contribution in [3.05, 3.63) is 23.8 Å². The van der Waals surface area contributed by atoms with Crippen LogP contribution >= 0.6 is 0 Å². The summed E-state index contributed by atoms with van der Waals surface area (Å²) in [5, 5.41) is 0. The number of nitrogens with zero attached hydrogens (tertiary/aromatic N) is 1. The number of esters is 1. The van der Waals surface area contributed by atoms with E-state index in [1.165, 1.54) is 5.57 Å². The zero-order chi connectivity index (χ0) is 22.0. The van der Waals surface area contributed by atoms with Gasteiger partial charge in [-0.15, -0.1) is 0 Å². The highest BCUT2D eigenvalue weighted by atomic mass is 16.6. The minimum absolute atomic E-state index is 0.0298. The molecular weight excluding hydrogens is 378 g/mol. The van der Waals surface area contributed by atoms with E-state index in [4.69, 9.17) is 9.47 Å². The van der Waals surface area contributed by atoms with Gasteiger partial charge in [0, 0.05) is 25.4 Å². The molecule has 0 radical (unpaired) electrons. The fraction of sp³-hybridized carbons (Fsp3) is 0.760. The second-order valence-corrected chi connectivity index (χ2v) is 9.85. The average Bonchev–Trinajstić information content (AvgIpc) is 2.70.